The van der Waals surface area contributed by atoms with Crippen molar-refractivity contribution in [1.82, 2.24) is 0 Å². The van der Waals surface area contributed by atoms with Gasteiger partial charge >= 0.3 is 0 Å². The van der Waals surface area contributed by atoms with Crippen molar-refractivity contribution in [2.45, 2.75) is 37.1 Å². The standard InChI is InChI=1S/C18H20FN/c19-16-11-9-15(10-12-16)18(20)13-5-4-8-17(18)14-6-2-1-3-7-14/h1-3,6-7,9-12,17H,4-5,8,13,20H2. The molecule has 0 amide bonds. The summed E-state index contributed by atoms with van der Waals surface area (Å²) < 4.78 is 13.2. The predicted molar refractivity (Wildman–Crippen MR) is 79.9 cm³/mol. The predicted octanol–water partition coefficient (Wildman–Crippen LogP) is 4.34. The van der Waals surface area contributed by atoms with E-state index >= 15 is 0 Å². The number of halogens is 1. The lowest BCUT2D eigenvalue weighted by Crippen LogP contribution is -2.44. The SMILES string of the molecule is NC1(c2ccc(F)cc2)CCCCC1c1ccccc1. The second kappa shape index (κ2) is 5.37. The van der Waals surface area contributed by atoms with E-state index in [9.17, 15) is 4.39 Å². The Morgan fingerprint density at radius 2 is 1.65 bits per heavy atom. The minimum atomic E-state index is -0.382. The van der Waals surface area contributed by atoms with Gasteiger partial charge in [0.25, 0.3) is 0 Å². The number of rotatable bonds is 2. The van der Waals surface area contributed by atoms with Gasteiger partial charge in [-0.3, -0.25) is 0 Å². The Morgan fingerprint density at radius 1 is 0.950 bits per heavy atom. The summed E-state index contributed by atoms with van der Waals surface area (Å²) in [4.78, 5) is 0. The molecule has 1 fully saturated rings. The smallest absolute Gasteiger partial charge is 0.123 e. The number of hydrogen-bond donors (Lipinski definition) is 1. The van der Waals surface area contributed by atoms with Crippen LogP contribution in [0.3, 0.4) is 0 Å². The van der Waals surface area contributed by atoms with E-state index in [0.29, 0.717) is 5.92 Å². The van der Waals surface area contributed by atoms with E-state index in [-0.39, 0.29) is 11.4 Å². The van der Waals surface area contributed by atoms with Crippen molar-refractivity contribution in [2.24, 2.45) is 5.73 Å². The summed E-state index contributed by atoms with van der Waals surface area (Å²) >= 11 is 0. The van der Waals surface area contributed by atoms with Crippen LogP contribution in [0.2, 0.25) is 0 Å². The van der Waals surface area contributed by atoms with Crippen LogP contribution < -0.4 is 5.73 Å². The number of benzene rings is 2. The molecule has 1 aliphatic carbocycles. The zero-order valence-corrected chi connectivity index (χ0v) is 11.6. The fourth-order valence-corrected chi connectivity index (χ4v) is 3.45. The van der Waals surface area contributed by atoms with Gasteiger partial charge < -0.3 is 5.73 Å². The van der Waals surface area contributed by atoms with E-state index in [1.54, 1.807) is 0 Å². The Kier molecular flexibility index (Phi) is 3.58. The molecule has 1 nitrogen and oxygen atoms in total. The molecule has 2 unspecified atom stereocenters. The Hall–Kier alpha value is -1.67. The molecule has 104 valence electrons. The van der Waals surface area contributed by atoms with Crippen LogP contribution in [0.25, 0.3) is 0 Å². The van der Waals surface area contributed by atoms with Crippen LogP contribution in [0.4, 0.5) is 4.39 Å². The van der Waals surface area contributed by atoms with Crippen molar-refractivity contribution in [3.05, 3.63) is 71.5 Å². The highest BCUT2D eigenvalue weighted by Crippen LogP contribution is 2.45. The average Bonchev–Trinajstić information content (AvgIpc) is 2.49. The molecule has 2 N–H and O–H groups in total. The number of nitrogens with two attached hydrogens (primary N) is 1. The molecule has 1 aliphatic rings. The highest BCUT2D eigenvalue weighted by atomic mass is 19.1. The van der Waals surface area contributed by atoms with Gasteiger partial charge in [-0.25, -0.2) is 4.39 Å². The lowest BCUT2D eigenvalue weighted by atomic mass is 9.67. The van der Waals surface area contributed by atoms with Crippen LogP contribution >= 0.6 is 0 Å². The fourth-order valence-electron chi connectivity index (χ4n) is 3.45. The zero-order chi connectivity index (χ0) is 14.0. The molecule has 0 aromatic heterocycles. The quantitative estimate of drug-likeness (QED) is 0.862. The molecule has 0 radical (unpaired) electrons. The third-order valence-electron chi connectivity index (χ3n) is 4.54. The summed E-state index contributed by atoms with van der Waals surface area (Å²) in [6.45, 7) is 0. The summed E-state index contributed by atoms with van der Waals surface area (Å²) in [5.74, 6) is 0.104. The van der Waals surface area contributed by atoms with E-state index < -0.39 is 0 Å². The first-order chi connectivity index (χ1) is 9.70. The van der Waals surface area contributed by atoms with Crippen molar-refractivity contribution < 1.29 is 4.39 Å². The van der Waals surface area contributed by atoms with Gasteiger partial charge in [-0.2, -0.15) is 0 Å². The van der Waals surface area contributed by atoms with Crippen molar-refractivity contribution in [1.29, 1.82) is 0 Å². The van der Waals surface area contributed by atoms with Crippen molar-refractivity contribution in [2.75, 3.05) is 0 Å². The Labute approximate surface area is 119 Å². The maximum Gasteiger partial charge on any atom is 0.123 e. The topological polar surface area (TPSA) is 26.0 Å². The van der Waals surface area contributed by atoms with E-state index in [1.807, 2.05) is 18.2 Å². The molecule has 1 saturated carbocycles. The van der Waals surface area contributed by atoms with Gasteiger partial charge in [0.2, 0.25) is 0 Å². The van der Waals surface area contributed by atoms with Gasteiger partial charge in [0.1, 0.15) is 5.82 Å². The molecule has 0 bridgehead atoms. The van der Waals surface area contributed by atoms with Gasteiger partial charge in [-0.15, -0.1) is 0 Å². The van der Waals surface area contributed by atoms with Gasteiger partial charge in [0, 0.05) is 11.5 Å². The van der Waals surface area contributed by atoms with Crippen LogP contribution in [0.1, 0.15) is 42.7 Å². The minimum Gasteiger partial charge on any atom is -0.321 e. The summed E-state index contributed by atoms with van der Waals surface area (Å²) in [5.41, 5.74) is 8.74. The fraction of sp³-hybridized carbons (Fsp3) is 0.333. The monoisotopic (exact) mass is 269 g/mol. The van der Waals surface area contributed by atoms with Crippen LogP contribution in [0, 0.1) is 5.82 Å². The highest BCUT2D eigenvalue weighted by Gasteiger charge is 2.39. The Bertz CT molecular complexity index is 564. The third-order valence-corrected chi connectivity index (χ3v) is 4.54. The first-order valence-corrected chi connectivity index (χ1v) is 7.30. The molecule has 3 rings (SSSR count). The first kappa shape index (κ1) is 13.3. The molecule has 2 heteroatoms. The molecular formula is C18H20FN. The van der Waals surface area contributed by atoms with Gasteiger partial charge in [0.15, 0.2) is 0 Å². The summed E-state index contributed by atoms with van der Waals surface area (Å²) in [6, 6.07) is 17.2. The van der Waals surface area contributed by atoms with E-state index in [2.05, 4.69) is 24.3 Å². The summed E-state index contributed by atoms with van der Waals surface area (Å²) in [7, 11) is 0. The molecule has 20 heavy (non-hydrogen) atoms. The van der Waals surface area contributed by atoms with Crippen LogP contribution in [-0.4, -0.2) is 0 Å². The van der Waals surface area contributed by atoms with Crippen LogP contribution in [-0.2, 0) is 5.54 Å². The summed E-state index contributed by atoms with van der Waals surface area (Å²) in [6.07, 6.45) is 4.40. The van der Waals surface area contributed by atoms with Gasteiger partial charge in [-0.1, -0.05) is 55.3 Å². The maximum absolute atomic E-state index is 13.2. The summed E-state index contributed by atoms with van der Waals surface area (Å²) in [5, 5.41) is 0. The Balaban J connectivity index is 2.01. The van der Waals surface area contributed by atoms with E-state index in [1.165, 1.54) is 24.1 Å². The zero-order valence-electron chi connectivity index (χ0n) is 11.6. The second-order valence-electron chi connectivity index (χ2n) is 5.76. The van der Waals surface area contributed by atoms with Crippen LogP contribution in [0.15, 0.2) is 54.6 Å². The Morgan fingerprint density at radius 3 is 2.35 bits per heavy atom. The highest BCUT2D eigenvalue weighted by molar-refractivity contribution is 5.33. The van der Waals surface area contributed by atoms with Gasteiger partial charge in [0.05, 0.1) is 0 Å². The normalized spacial score (nSPS) is 26.4. The molecular weight excluding hydrogens is 249 g/mol. The van der Waals surface area contributed by atoms with Gasteiger partial charge in [-0.05, 0) is 36.1 Å². The third kappa shape index (κ3) is 2.36. The average molecular weight is 269 g/mol. The second-order valence-corrected chi connectivity index (χ2v) is 5.76. The molecule has 0 saturated heterocycles. The lowest BCUT2D eigenvalue weighted by Gasteiger charge is -2.42. The van der Waals surface area contributed by atoms with E-state index in [4.69, 9.17) is 5.73 Å². The lowest BCUT2D eigenvalue weighted by molar-refractivity contribution is 0.254. The van der Waals surface area contributed by atoms with Crippen molar-refractivity contribution >= 4 is 0 Å². The van der Waals surface area contributed by atoms with E-state index in [0.717, 1.165) is 24.8 Å². The molecule has 2 atom stereocenters. The van der Waals surface area contributed by atoms with Crippen molar-refractivity contribution in [3.63, 3.8) is 0 Å². The minimum absolute atomic E-state index is 0.204. The number of hydrogen-bond acceptors (Lipinski definition) is 1. The first-order valence-electron chi connectivity index (χ1n) is 7.30. The molecule has 2 aromatic rings. The van der Waals surface area contributed by atoms with Crippen molar-refractivity contribution in [3.8, 4) is 0 Å². The van der Waals surface area contributed by atoms with Crippen LogP contribution in [0.5, 0.6) is 0 Å². The molecule has 0 spiro atoms. The largest absolute Gasteiger partial charge is 0.321 e. The molecule has 2 aromatic carbocycles. The maximum atomic E-state index is 13.2. The molecule has 0 aliphatic heterocycles. The molecule has 0 heterocycles.